The van der Waals surface area contributed by atoms with E-state index in [2.05, 4.69) is 31.1 Å². The first-order chi connectivity index (χ1) is 15.0. The molecule has 1 fully saturated rings. The molecule has 1 aliphatic heterocycles. The SMILES string of the molecule is COC(=O)C(NC(=O)CCC(=O)N1CCN(c2ccccn2)CC1)c1ccccc1Br. The summed E-state index contributed by atoms with van der Waals surface area (Å²) < 4.78 is 5.52. The number of pyridine rings is 1. The smallest absolute Gasteiger partial charge is 0.333 e. The third-order valence-corrected chi connectivity index (χ3v) is 5.85. The van der Waals surface area contributed by atoms with Gasteiger partial charge in [-0.2, -0.15) is 0 Å². The topological polar surface area (TPSA) is 91.8 Å². The van der Waals surface area contributed by atoms with Crippen molar-refractivity contribution >= 4 is 39.5 Å². The third-order valence-electron chi connectivity index (χ3n) is 5.13. The number of nitrogens with zero attached hydrogens (tertiary/aromatic N) is 3. The normalized spacial score (nSPS) is 14.6. The number of rotatable bonds is 7. The van der Waals surface area contributed by atoms with Crippen molar-refractivity contribution in [3.8, 4) is 0 Å². The largest absolute Gasteiger partial charge is 0.467 e. The minimum atomic E-state index is -0.940. The molecular formula is C22H25BrN4O4. The summed E-state index contributed by atoms with van der Waals surface area (Å²) in [7, 11) is 1.27. The van der Waals surface area contributed by atoms with E-state index in [4.69, 9.17) is 4.74 Å². The number of carbonyl (C=O) groups excluding carboxylic acids is 3. The number of amides is 2. The molecule has 0 bridgehead atoms. The summed E-state index contributed by atoms with van der Waals surface area (Å²) in [5, 5.41) is 2.68. The number of hydrogen-bond acceptors (Lipinski definition) is 6. The van der Waals surface area contributed by atoms with Gasteiger partial charge in [-0.15, -0.1) is 0 Å². The van der Waals surface area contributed by atoms with Crippen molar-refractivity contribution in [2.24, 2.45) is 0 Å². The Balaban J connectivity index is 1.50. The minimum absolute atomic E-state index is 0.00274. The molecule has 2 heterocycles. The molecule has 2 amide bonds. The van der Waals surface area contributed by atoms with Crippen LogP contribution in [-0.4, -0.2) is 61.0 Å². The van der Waals surface area contributed by atoms with Crippen LogP contribution in [0.1, 0.15) is 24.4 Å². The van der Waals surface area contributed by atoms with Crippen molar-refractivity contribution in [2.45, 2.75) is 18.9 Å². The highest BCUT2D eigenvalue weighted by molar-refractivity contribution is 9.10. The number of ether oxygens (including phenoxy) is 1. The number of carbonyl (C=O) groups is 3. The summed E-state index contributed by atoms with van der Waals surface area (Å²) in [6.07, 6.45) is 1.83. The minimum Gasteiger partial charge on any atom is -0.467 e. The molecule has 3 rings (SSSR count). The monoisotopic (exact) mass is 488 g/mol. The zero-order valence-electron chi connectivity index (χ0n) is 17.3. The van der Waals surface area contributed by atoms with E-state index >= 15 is 0 Å². The second-order valence-corrected chi connectivity index (χ2v) is 7.96. The third kappa shape index (κ3) is 6.04. The Morgan fingerprint density at radius 3 is 2.42 bits per heavy atom. The summed E-state index contributed by atoms with van der Waals surface area (Å²) in [5.74, 6) is -0.134. The van der Waals surface area contributed by atoms with Gasteiger partial charge in [-0.25, -0.2) is 9.78 Å². The van der Waals surface area contributed by atoms with Gasteiger partial charge in [0.2, 0.25) is 11.8 Å². The lowest BCUT2D eigenvalue weighted by molar-refractivity contribution is -0.145. The highest BCUT2D eigenvalue weighted by Gasteiger charge is 2.26. The Bertz CT molecular complexity index is 917. The van der Waals surface area contributed by atoms with Gasteiger partial charge in [0.1, 0.15) is 5.82 Å². The molecule has 1 aliphatic rings. The predicted octanol–water partition coefficient (Wildman–Crippen LogP) is 2.30. The second kappa shape index (κ2) is 10.9. The van der Waals surface area contributed by atoms with E-state index in [9.17, 15) is 14.4 Å². The van der Waals surface area contributed by atoms with Gasteiger partial charge in [0.15, 0.2) is 6.04 Å². The van der Waals surface area contributed by atoms with Crippen molar-refractivity contribution in [3.05, 3.63) is 58.7 Å². The fourth-order valence-corrected chi connectivity index (χ4v) is 3.94. The lowest BCUT2D eigenvalue weighted by atomic mass is 10.1. The molecule has 0 radical (unpaired) electrons. The van der Waals surface area contributed by atoms with Crippen LogP contribution in [0.4, 0.5) is 5.82 Å². The van der Waals surface area contributed by atoms with E-state index in [1.54, 1.807) is 29.3 Å². The zero-order chi connectivity index (χ0) is 22.2. The van der Waals surface area contributed by atoms with Gasteiger partial charge in [-0.05, 0) is 23.8 Å². The summed E-state index contributed by atoms with van der Waals surface area (Å²) >= 11 is 3.39. The Kier molecular flexibility index (Phi) is 8.00. The van der Waals surface area contributed by atoms with E-state index in [0.29, 0.717) is 36.2 Å². The van der Waals surface area contributed by atoms with E-state index in [1.165, 1.54) is 7.11 Å². The van der Waals surface area contributed by atoms with Crippen LogP contribution in [0.15, 0.2) is 53.1 Å². The van der Waals surface area contributed by atoms with Crippen molar-refractivity contribution < 1.29 is 19.1 Å². The number of hydrogen-bond donors (Lipinski definition) is 1. The van der Waals surface area contributed by atoms with E-state index < -0.39 is 12.0 Å². The highest BCUT2D eigenvalue weighted by atomic mass is 79.9. The molecule has 164 valence electrons. The van der Waals surface area contributed by atoms with E-state index in [1.807, 2.05) is 24.3 Å². The quantitative estimate of drug-likeness (QED) is 0.601. The molecule has 0 spiro atoms. The molecule has 1 atom stereocenters. The maximum absolute atomic E-state index is 12.6. The molecule has 8 nitrogen and oxygen atoms in total. The number of methoxy groups -OCH3 is 1. The number of aromatic nitrogens is 1. The van der Waals surface area contributed by atoms with Gasteiger partial charge in [-0.1, -0.05) is 40.2 Å². The highest BCUT2D eigenvalue weighted by Crippen LogP contribution is 2.24. The lowest BCUT2D eigenvalue weighted by Crippen LogP contribution is -2.49. The number of halogens is 1. The average Bonchev–Trinajstić information content (AvgIpc) is 2.81. The van der Waals surface area contributed by atoms with Crippen molar-refractivity contribution in [1.29, 1.82) is 0 Å². The van der Waals surface area contributed by atoms with Crippen molar-refractivity contribution in [2.75, 3.05) is 38.2 Å². The standard InChI is InChI=1S/C22H25BrN4O4/c1-31-22(30)21(16-6-2-3-7-17(16)23)25-19(28)9-10-20(29)27-14-12-26(13-15-27)18-8-4-5-11-24-18/h2-8,11,21H,9-10,12-15H2,1H3,(H,25,28). The van der Waals surface area contributed by atoms with Crippen molar-refractivity contribution in [1.82, 2.24) is 15.2 Å². The number of piperazine rings is 1. The van der Waals surface area contributed by atoms with Crippen LogP contribution in [0.3, 0.4) is 0 Å². The van der Waals surface area contributed by atoms with Crippen LogP contribution in [0.5, 0.6) is 0 Å². The zero-order valence-corrected chi connectivity index (χ0v) is 18.9. The summed E-state index contributed by atoms with van der Waals surface area (Å²) in [5.41, 5.74) is 0.597. The first-order valence-electron chi connectivity index (χ1n) is 10.0. The molecule has 1 unspecified atom stereocenters. The van der Waals surface area contributed by atoms with E-state index in [0.717, 1.165) is 5.82 Å². The van der Waals surface area contributed by atoms with Gasteiger partial charge in [0.05, 0.1) is 7.11 Å². The van der Waals surface area contributed by atoms with Gasteiger partial charge in [0.25, 0.3) is 0 Å². The lowest BCUT2D eigenvalue weighted by Gasteiger charge is -2.35. The molecule has 31 heavy (non-hydrogen) atoms. The van der Waals surface area contributed by atoms with Crippen molar-refractivity contribution in [3.63, 3.8) is 0 Å². The first-order valence-corrected chi connectivity index (χ1v) is 10.8. The number of esters is 1. The number of benzene rings is 1. The average molecular weight is 489 g/mol. The molecule has 1 N–H and O–H groups in total. The maximum Gasteiger partial charge on any atom is 0.333 e. The van der Waals surface area contributed by atoms with Gasteiger partial charge >= 0.3 is 5.97 Å². The predicted molar refractivity (Wildman–Crippen MR) is 119 cm³/mol. The van der Waals surface area contributed by atoms with Gasteiger partial charge in [0, 0.05) is 49.7 Å². The Morgan fingerprint density at radius 1 is 1.06 bits per heavy atom. The Hall–Kier alpha value is -2.94. The molecule has 2 aromatic rings. The summed E-state index contributed by atoms with van der Waals surface area (Å²) in [4.78, 5) is 45.4. The molecule has 1 aromatic carbocycles. The first kappa shape index (κ1) is 22.7. The molecule has 1 aromatic heterocycles. The molecule has 9 heteroatoms. The van der Waals surface area contributed by atoms with Gasteiger partial charge < -0.3 is 19.9 Å². The number of nitrogens with one attached hydrogen (secondary N) is 1. The Labute approximate surface area is 189 Å². The Morgan fingerprint density at radius 2 is 1.77 bits per heavy atom. The van der Waals surface area contributed by atoms with Crippen LogP contribution in [0.25, 0.3) is 0 Å². The number of anilines is 1. The van der Waals surface area contributed by atoms with Gasteiger partial charge in [-0.3, -0.25) is 9.59 Å². The fraction of sp³-hybridized carbons (Fsp3) is 0.364. The van der Waals surface area contributed by atoms with Crippen LogP contribution in [0.2, 0.25) is 0 Å². The van der Waals surface area contributed by atoms with Crippen LogP contribution in [-0.2, 0) is 19.1 Å². The summed E-state index contributed by atoms with van der Waals surface area (Å²) in [6, 6.07) is 11.9. The van der Waals surface area contributed by atoms with Crippen LogP contribution < -0.4 is 10.2 Å². The second-order valence-electron chi connectivity index (χ2n) is 7.10. The van der Waals surface area contributed by atoms with Crippen LogP contribution >= 0.6 is 15.9 Å². The maximum atomic E-state index is 12.6. The fourth-order valence-electron chi connectivity index (χ4n) is 3.43. The molecule has 0 aliphatic carbocycles. The molecule has 0 saturated carbocycles. The van der Waals surface area contributed by atoms with E-state index in [-0.39, 0.29) is 24.7 Å². The summed E-state index contributed by atoms with van der Waals surface area (Å²) in [6.45, 7) is 2.56. The molecular weight excluding hydrogens is 464 g/mol. The van der Waals surface area contributed by atoms with Crippen LogP contribution in [0, 0.1) is 0 Å². The molecule has 1 saturated heterocycles.